The van der Waals surface area contributed by atoms with Crippen LogP contribution in [0.2, 0.25) is 0 Å². The summed E-state index contributed by atoms with van der Waals surface area (Å²) in [5, 5.41) is 23.8. The molecule has 4 aromatic rings. The van der Waals surface area contributed by atoms with Crippen molar-refractivity contribution in [2.45, 2.75) is 19.4 Å². The van der Waals surface area contributed by atoms with Gasteiger partial charge in [0.25, 0.3) is 0 Å². The van der Waals surface area contributed by atoms with E-state index >= 15 is 0 Å². The molecule has 30 heavy (non-hydrogen) atoms. The molecule has 4 rings (SSSR count). The van der Waals surface area contributed by atoms with Gasteiger partial charge in [-0.25, -0.2) is 9.37 Å². The number of hydrogen-bond donors (Lipinski definition) is 0. The van der Waals surface area contributed by atoms with Gasteiger partial charge in [-0.2, -0.15) is 10.1 Å². The van der Waals surface area contributed by atoms with Crippen LogP contribution in [0.25, 0.3) is 22.6 Å². The Morgan fingerprint density at radius 2 is 2.03 bits per heavy atom. The molecule has 0 aliphatic heterocycles. The molecule has 0 amide bonds. The Balaban J connectivity index is 1.50. The van der Waals surface area contributed by atoms with Gasteiger partial charge in [0, 0.05) is 16.5 Å². The van der Waals surface area contributed by atoms with E-state index in [0.717, 1.165) is 16.1 Å². The van der Waals surface area contributed by atoms with Crippen molar-refractivity contribution in [1.29, 1.82) is 5.26 Å². The van der Waals surface area contributed by atoms with Crippen molar-refractivity contribution in [2.75, 3.05) is 0 Å². The van der Waals surface area contributed by atoms with Gasteiger partial charge in [-0.1, -0.05) is 30.3 Å². The van der Waals surface area contributed by atoms with Gasteiger partial charge in [0.1, 0.15) is 17.4 Å². The Morgan fingerprint density at radius 3 is 2.77 bits per heavy atom. The molecule has 7 nitrogen and oxygen atoms in total. The lowest BCUT2D eigenvalue weighted by molar-refractivity contribution is -0.120. The Kier molecular flexibility index (Phi) is 5.41. The highest BCUT2D eigenvalue weighted by Crippen LogP contribution is 2.27. The van der Waals surface area contributed by atoms with E-state index in [-0.39, 0.29) is 24.0 Å². The van der Waals surface area contributed by atoms with Crippen molar-refractivity contribution in [3.05, 3.63) is 70.3 Å². The lowest BCUT2D eigenvalue weighted by Crippen LogP contribution is -2.19. The van der Waals surface area contributed by atoms with Gasteiger partial charge in [-0.15, -0.1) is 21.5 Å². The second-order valence-electron chi connectivity index (χ2n) is 6.57. The quantitative estimate of drug-likeness (QED) is 0.473. The third-order valence-corrected chi connectivity index (χ3v) is 5.37. The maximum atomic E-state index is 13.4. The molecule has 0 fully saturated rings. The van der Waals surface area contributed by atoms with Crippen LogP contribution in [0.5, 0.6) is 0 Å². The smallest absolute Gasteiger partial charge is 0.204 e. The Bertz CT molecular complexity index is 1240. The average molecular weight is 418 g/mol. The maximum absolute atomic E-state index is 13.4. The van der Waals surface area contributed by atoms with E-state index in [9.17, 15) is 14.4 Å². The second kappa shape index (κ2) is 8.31. The van der Waals surface area contributed by atoms with Gasteiger partial charge in [0.15, 0.2) is 11.7 Å². The summed E-state index contributed by atoms with van der Waals surface area (Å²) < 4.78 is 13.4. The number of Topliss-reactive ketones (excluding diaryl/α,β-unsaturated/α-hetero) is 1. The van der Waals surface area contributed by atoms with Crippen LogP contribution in [0, 0.1) is 24.1 Å². The summed E-state index contributed by atoms with van der Waals surface area (Å²) >= 11 is 1.27. The van der Waals surface area contributed by atoms with E-state index in [1.165, 1.54) is 17.4 Å². The Hall–Kier alpha value is -3.77. The summed E-state index contributed by atoms with van der Waals surface area (Å²) in [5.74, 6) is -1.45. The number of carbonyl (C=O) groups is 1. The summed E-state index contributed by atoms with van der Waals surface area (Å²) in [6, 6.07) is 16.0. The molecule has 2 aromatic carbocycles. The number of ketones is 1. The van der Waals surface area contributed by atoms with Crippen LogP contribution in [0.4, 0.5) is 4.39 Å². The van der Waals surface area contributed by atoms with Gasteiger partial charge in [0.05, 0.1) is 11.8 Å². The molecule has 1 unspecified atom stereocenters. The molecule has 1 atom stereocenters. The van der Waals surface area contributed by atoms with Crippen LogP contribution in [0.15, 0.2) is 53.9 Å². The first-order valence-corrected chi connectivity index (χ1v) is 9.90. The zero-order chi connectivity index (χ0) is 21.1. The largest absolute Gasteiger partial charge is 0.296 e. The highest BCUT2D eigenvalue weighted by Gasteiger charge is 2.25. The number of rotatable bonds is 6. The maximum Gasteiger partial charge on any atom is 0.204 e. The first-order chi connectivity index (χ1) is 14.5. The van der Waals surface area contributed by atoms with Crippen LogP contribution in [0.3, 0.4) is 0 Å². The normalized spacial score (nSPS) is 11.8. The predicted octanol–water partition coefficient (Wildman–Crippen LogP) is 3.79. The van der Waals surface area contributed by atoms with Gasteiger partial charge in [-0.3, -0.25) is 4.79 Å². The van der Waals surface area contributed by atoms with Gasteiger partial charge < -0.3 is 0 Å². The number of nitriles is 1. The summed E-state index contributed by atoms with van der Waals surface area (Å²) in [4.78, 5) is 18.3. The van der Waals surface area contributed by atoms with E-state index in [2.05, 4.69) is 20.4 Å². The number of tetrazole rings is 1. The zero-order valence-corrected chi connectivity index (χ0v) is 16.7. The van der Waals surface area contributed by atoms with Crippen LogP contribution in [0.1, 0.15) is 16.5 Å². The minimum absolute atomic E-state index is 0.217. The number of aryl methyl sites for hydroxylation is 1. The first-order valence-electron chi connectivity index (χ1n) is 9.02. The number of benzene rings is 2. The Labute approximate surface area is 175 Å². The second-order valence-corrected chi connectivity index (χ2v) is 7.46. The fourth-order valence-corrected chi connectivity index (χ4v) is 3.76. The first kappa shape index (κ1) is 19.5. The SMILES string of the molecule is Cc1cc(-c2nnn(CC(=O)C(C#N)c3nc(-c4ccccc4)cs3)n2)ccc1F. The minimum atomic E-state index is -1.02. The van der Waals surface area contributed by atoms with Gasteiger partial charge in [-0.05, 0) is 35.9 Å². The van der Waals surface area contributed by atoms with E-state index in [4.69, 9.17) is 0 Å². The minimum Gasteiger partial charge on any atom is -0.296 e. The molecule has 0 saturated heterocycles. The molecule has 0 N–H and O–H groups in total. The third-order valence-electron chi connectivity index (χ3n) is 4.46. The van der Waals surface area contributed by atoms with E-state index in [1.54, 1.807) is 19.1 Å². The standard InChI is InChI=1S/C21H15FN6OS/c1-13-9-15(7-8-17(13)22)20-25-27-28(26-20)11-19(29)16(10-23)21-24-18(12-30-21)14-5-3-2-4-6-14/h2-9,12,16H,11H2,1H3. The Morgan fingerprint density at radius 1 is 1.23 bits per heavy atom. The lowest BCUT2D eigenvalue weighted by Gasteiger charge is -2.04. The van der Waals surface area contributed by atoms with Crippen molar-refractivity contribution >= 4 is 17.1 Å². The predicted molar refractivity (Wildman–Crippen MR) is 109 cm³/mol. The molecule has 0 aliphatic rings. The van der Waals surface area contributed by atoms with Crippen LogP contribution >= 0.6 is 11.3 Å². The summed E-state index contributed by atoms with van der Waals surface area (Å²) in [5.41, 5.74) is 2.69. The molecule has 2 aromatic heterocycles. The lowest BCUT2D eigenvalue weighted by atomic mass is 10.1. The third kappa shape index (κ3) is 3.99. The van der Waals surface area contributed by atoms with Gasteiger partial charge >= 0.3 is 0 Å². The molecule has 0 aliphatic carbocycles. The van der Waals surface area contributed by atoms with E-state index < -0.39 is 5.92 Å². The van der Waals surface area contributed by atoms with Gasteiger partial charge in [0.2, 0.25) is 5.82 Å². The fraction of sp³-hybridized carbons (Fsp3) is 0.143. The van der Waals surface area contributed by atoms with Crippen molar-refractivity contribution in [1.82, 2.24) is 25.2 Å². The number of thiazole rings is 1. The highest BCUT2D eigenvalue weighted by atomic mass is 32.1. The van der Waals surface area contributed by atoms with Crippen LogP contribution in [-0.4, -0.2) is 31.0 Å². The van der Waals surface area contributed by atoms with Crippen molar-refractivity contribution in [2.24, 2.45) is 0 Å². The van der Waals surface area contributed by atoms with Crippen molar-refractivity contribution in [3.63, 3.8) is 0 Å². The van der Waals surface area contributed by atoms with Crippen molar-refractivity contribution < 1.29 is 9.18 Å². The van der Waals surface area contributed by atoms with E-state index in [1.807, 2.05) is 41.8 Å². The molecule has 9 heteroatoms. The zero-order valence-electron chi connectivity index (χ0n) is 15.9. The molecule has 0 bridgehead atoms. The molecule has 148 valence electrons. The molecule has 2 heterocycles. The highest BCUT2D eigenvalue weighted by molar-refractivity contribution is 7.10. The molecule has 0 radical (unpaired) electrons. The summed E-state index contributed by atoms with van der Waals surface area (Å²) in [6.07, 6.45) is 0. The summed E-state index contributed by atoms with van der Waals surface area (Å²) in [7, 11) is 0. The average Bonchev–Trinajstić information content (AvgIpc) is 3.42. The molecular weight excluding hydrogens is 403 g/mol. The monoisotopic (exact) mass is 418 g/mol. The fourth-order valence-electron chi connectivity index (χ4n) is 2.87. The summed E-state index contributed by atoms with van der Waals surface area (Å²) in [6.45, 7) is 1.42. The topological polar surface area (TPSA) is 97.3 Å². The molecular formula is C21H15FN6OS. The van der Waals surface area contributed by atoms with E-state index in [0.29, 0.717) is 16.1 Å². The van der Waals surface area contributed by atoms with Crippen molar-refractivity contribution in [3.8, 4) is 28.7 Å². The number of halogens is 1. The van der Waals surface area contributed by atoms with Crippen LogP contribution < -0.4 is 0 Å². The number of carbonyl (C=O) groups excluding carboxylic acids is 1. The number of nitrogens with zero attached hydrogens (tertiary/aromatic N) is 6. The molecule has 0 spiro atoms. The van der Waals surface area contributed by atoms with Crippen LogP contribution in [-0.2, 0) is 11.3 Å². The number of hydrogen-bond acceptors (Lipinski definition) is 7. The molecule has 0 saturated carbocycles. The number of aromatic nitrogens is 5.